The summed E-state index contributed by atoms with van der Waals surface area (Å²) in [5, 5.41) is 0. The average molecular weight is 303 g/mol. The third kappa shape index (κ3) is 3.26. The Morgan fingerprint density at radius 3 is 2.59 bits per heavy atom. The molecule has 1 saturated carbocycles. The largest absolute Gasteiger partial charge is 0.375 e. The highest BCUT2D eigenvalue weighted by atomic mass is 79.9. The van der Waals surface area contributed by atoms with Crippen LogP contribution >= 0.6 is 15.9 Å². The zero-order valence-electron chi connectivity index (χ0n) is 11.6. The fourth-order valence-electron chi connectivity index (χ4n) is 3.95. The topological polar surface area (TPSA) is 9.23 Å². The van der Waals surface area contributed by atoms with Crippen LogP contribution in [0.3, 0.4) is 0 Å². The zero-order valence-corrected chi connectivity index (χ0v) is 13.2. The molecule has 1 aliphatic heterocycles. The normalized spacial score (nSPS) is 30.7. The van der Waals surface area contributed by atoms with Gasteiger partial charge in [-0.05, 0) is 43.4 Å². The van der Waals surface area contributed by atoms with Gasteiger partial charge in [0.1, 0.15) is 0 Å². The molecule has 1 saturated heterocycles. The summed E-state index contributed by atoms with van der Waals surface area (Å²) in [7, 11) is 0. The molecule has 1 heterocycles. The van der Waals surface area contributed by atoms with Crippen LogP contribution in [-0.2, 0) is 4.74 Å². The van der Waals surface area contributed by atoms with Crippen molar-refractivity contribution in [2.45, 2.75) is 76.1 Å². The number of halogens is 1. The second-order valence-corrected chi connectivity index (χ2v) is 8.46. The van der Waals surface area contributed by atoms with Crippen LogP contribution in [0.1, 0.15) is 65.7 Å². The van der Waals surface area contributed by atoms with E-state index in [1.54, 1.807) is 0 Å². The second-order valence-electron chi connectivity index (χ2n) is 6.90. The summed E-state index contributed by atoms with van der Waals surface area (Å²) >= 11 is 3.72. The first-order chi connectivity index (χ1) is 7.94. The van der Waals surface area contributed by atoms with Gasteiger partial charge in [0.2, 0.25) is 0 Å². The number of rotatable bonds is 3. The van der Waals surface area contributed by atoms with Gasteiger partial charge in [0, 0.05) is 11.4 Å². The highest BCUT2D eigenvalue weighted by molar-refractivity contribution is 9.09. The molecular weight excluding hydrogens is 276 g/mol. The minimum atomic E-state index is 0.274. The van der Waals surface area contributed by atoms with Crippen molar-refractivity contribution in [1.29, 1.82) is 0 Å². The van der Waals surface area contributed by atoms with Crippen molar-refractivity contribution < 1.29 is 4.74 Å². The lowest BCUT2D eigenvalue weighted by Gasteiger charge is -2.45. The Balaban J connectivity index is 2.01. The zero-order chi connectivity index (χ0) is 12.5. The van der Waals surface area contributed by atoms with Gasteiger partial charge in [-0.25, -0.2) is 0 Å². The molecule has 100 valence electrons. The van der Waals surface area contributed by atoms with Crippen molar-refractivity contribution in [2.75, 3.05) is 6.61 Å². The Hall–Kier alpha value is 0.440. The van der Waals surface area contributed by atoms with Crippen LogP contribution in [-0.4, -0.2) is 17.0 Å². The quantitative estimate of drug-likeness (QED) is 0.672. The number of alkyl halides is 1. The van der Waals surface area contributed by atoms with Crippen LogP contribution in [0.4, 0.5) is 0 Å². The lowest BCUT2D eigenvalue weighted by molar-refractivity contribution is -0.112. The first-order valence-corrected chi connectivity index (χ1v) is 8.13. The van der Waals surface area contributed by atoms with E-state index in [2.05, 4.69) is 36.7 Å². The Morgan fingerprint density at radius 1 is 1.35 bits per heavy atom. The van der Waals surface area contributed by atoms with Crippen LogP contribution in [0.15, 0.2) is 0 Å². The van der Waals surface area contributed by atoms with Crippen molar-refractivity contribution >= 4 is 15.9 Å². The molecule has 2 unspecified atom stereocenters. The fraction of sp³-hybridized carbons (Fsp3) is 1.00. The predicted molar refractivity (Wildman–Crippen MR) is 76.7 cm³/mol. The van der Waals surface area contributed by atoms with Gasteiger partial charge in [0.05, 0.1) is 5.60 Å². The van der Waals surface area contributed by atoms with Gasteiger partial charge in [0.15, 0.2) is 0 Å². The molecule has 2 aliphatic rings. The van der Waals surface area contributed by atoms with Crippen molar-refractivity contribution in [3.05, 3.63) is 0 Å². The lowest BCUT2D eigenvalue weighted by Crippen LogP contribution is -2.42. The molecule has 0 bridgehead atoms. The van der Waals surface area contributed by atoms with Crippen molar-refractivity contribution in [1.82, 2.24) is 0 Å². The molecule has 0 aromatic carbocycles. The Bertz CT molecular complexity index is 254. The van der Waals surface area contributed by atoms with E-state index >= 15 is 0 Å². The van der Waals surface area contributed by atoms with Crippen molar-refractivity contribution in [2.24, 2.45) is 11.3 Å². The van der Waals surface area contributed by atoms with Crippen LogP contribution in [0.25, 0.3) is 0 Å². The maximum Gasteiger partial charge on any atom is 0.0685 e. The summed E-state index contributed by atoms with van der Waals surface area (Å²) in [5.74, 6) is 0.842. The maximum atomic E-state index is 6.15. The van der Waals surface area contributed by atoms with E-state index in [-0.39, 0.29) is 5.60 Å². The first-order valence-electron chi connectivity index (χ1n) is 7.22. The number of hydrogen-bond donors (Lipinski definition) is 0. The van der Waals surface area contributed by atoms with Gasteiger partial charge in [-0.2, -0.15) is 0 Å². The van der Waals surface area contributed by atoms with Gasteiger partial charge in [-0.3, -0.25) is 0 Å². The van der Waals surface area contributed by atoms with E-state index in [1.807, 2.05) is 0 Å². The molecule has 0 aromatic rings. The van der Waals surface area contributed by atoms with Crippen molar-refractivity contribution in [3.63, 3.8) is 0 Å². The van der Waals surface area contributed by atoms with Crippen LogP contribution in [0.2, 0.25) is 0 Å². The smallest absolute Gasteiger partial charge is 0.0685 e. The van der Waals surface area contributed by atoms with E-state index in [9.17, 15) is 0 Å². The summed E-state index contributed by atoms with van der Waals surface area (Å²) in [6.45, 7) is 8.16. The molecule has 2 rings (SSSR count). The lowest BCUT2D eigenvalue weighted by atomic mass is 9.68. The van der Waals surface area contributed by atoms with E-state index in [0.717, 1.165) is 12.5 Å². The highest BCUT2D eigenvalue weighted by Crippen LogP contribution is 2.48. The van der Waals surface area contributed by atoms with Crippen molar-refractivity contribution in [3.8, 4) is 0 Å². The third-order valence-corrected chi connectivity index (χ3v) is 5.24. The minimum absolute atomic E-state index is 0.274. The molecule has 2 fully saturated rings. The van der Waals surface area contributed by atoms with E-state index in [1.165, 1.54) is 44.9 Å². The van der Waals surface area contributed by atoms with Gasteiger partial charge >= 0.3 is 0 Å². The van der Waals surface area contributed by atoms with E-state index < -0.39 is 0 Å². The first kappa shape index (κ1) is 13.9. The average Bonchev–Trinajstić information content (AvgIpc) is 2.64. The molecule has 1 nitrogen and oxygen atoms in total. The summed E-state index contributed by atoms with van der Waals surface area (Å²) in [6, 6.07) is 0. The Labute approximate surface area is 115 Å². The van der Waals surface area contributed by atoms with Crippen LogP contribution in [0, 0.1) is 11.3 Å². The molecule has 17 heavy (non-hydrogen) atoms. The standard InChI is InChI=1S/C15H27BrO/c1-12(16)10-14(2,3)13-6-9-17-15(11-13)7-4-5-8-15/h12-13H,4-11H2,1-3H3. The van der Waals surface area contributed by atoms with Gasteiger partial charge in [-0.1, -0.05) is 49.5 Å². The fourth-order valence-corrected chi connectivity index (χ4v) is 4.79. The molecule has 0 aromatic heterocycles. The molecular formula is C15H27BrO. The minimum Gasteiger partial charge on any atom is -0.375 e. The molecule has 1 spiro atoms. The van der Waals surface area contributed by atoms with E-state index in [0.29, 0.717) is 10.2 Å². The maximum absolute atomic E-state index is 6.15. The van der Waals surface area contributed by atoms with Crippen LogP contribution in [0.5, 0.6) is 0 Å². The third-order valence-electron chi connectivity index (χ3n) is 4.92. The molecule has 0 amide bonds. The van der Waals surface area contributed by atoms with E-state index in [4.69, 9.17) is 4.74 Å². The predicted octanol–water partition coefficient (Wildman–Crippen LogP) is 4.93. The van der Waals surface area contributed by atoms with Gasteiger partial charge in [-0.15, -0.1) is 0 Å². The summed E-state index contributed by atoms with van der Waals surface area (Å²) in [6.07, 6.45) is 9.21. The Kier molecular flexibility index (Phi) is 4.24. The Morgan fingerprint density at radius 2 is 2.00 bits per heavy atom. The highest BCUT2D eigenvalue weighted by Gasteiger charge is 2.44. The number of hydrogen-bond acceptors (Lipinski definition) is 1. The van der Waals surface area contributed by atoms with Crippen LogP contribution < -0.4 is 0 Å². The molecule has 2 atom stereocenters. The monoisotopic (exact) mass is 302 g/mol. The molecule has 2 heteroatoms. The summed E-state index contributed by atoms with van der Waals surface area (Å²) in [4.78, 5) is 0.625. The second kappa shape index (κ2) is 5.21. The molecule has 1 aliphatic carbocycles. The molecule has 0 N–H and O–H groups in total. The van der Waals surface area contributed by atoms with Gasteiger partial charge < -0.3 is 4.74 Å². The summed E-state index contributed by atoms with van der Waals surface area (Å²) in [5.41, 5.74) is 0.720. The molecule has 0 radical (unpaired) electrons. The SMILES string of the molecule is CC(Br)CC(C)(C)C1CCOC2(CCCC2)C1. The number of ether oxygens (including phenoxy) is 1. The summed E-state index contributed by atoms with van der Waals surface area (Å²) < 4.78 is 6.15. The van der Waals surface area contributed by atoms with Gasteiger partial charge in [0.25, 0.3) is 0 Å².